The molecule has 0 unspecified atom stereocenters. The zero-order valence-corrected chi connectivity index (χ0v) is 12.3. The standard InChI is InChI=1S/C14H22N6O/c1-11(15)18-14(19(2)16)20-9-5-13(6-10-20)21-12-3-7-17-8-4-12/h3-4,7-8,13H,1,5-6,9-10,15-16H2,2H3/b18-14+. The van der Waals surface area contributed by atoms with Crippen molar-refractivity contribution in [3.8, 4) is 5.75 Å². The van der Waals surface area contributed by atoms with Gasteiger partial charge in [0.15, 0.2) is 0 Å². The molecule has 2 rings (SSSR count). The summed E-state index contributed by atoms with van der Waals surface area (Å²) in [4.78, 5) is 10.3. The highest BCUT2D eigenvalue weighted by atomic mass is 16.5. The molecular formula is C14H22N6O. The molecule has 1 aromatic heterocycles. The third kappa shape index (κ3) is 4.35. The number of hydrogen-bond donors (Lipinski definition) is 2. The molecule has 0 radical (unpaired) electrons. The zero-order chi connectivity index (χ0) is 15.2. The quantitative estimate of drug-likeness (QED) is 0.365. The van der Waals surface area contributed by atoms with Crippen molar-refractivity contribution in [2.75, 3.05) is 20.1 Å². The minimum absolute atomic E-state index is 0.189. The van der Waals surface area contributed by atoms with Crippen molar-refractivity contribution < 1.29 is 4.74 Å². The molecule has 7 heteroatoms. The van der Waals surface area contributed by atoms with Gasteiger partial charge in [-0.3, -0.25) is 9.99 Å². The smallest absolute Gasteiger partial charge is 0.217 e. The summed E-state index contributed by atoms with van der Waals surface area (Å²) in [7, 11) is 1.74. The topological polar surface area (TPSA) is 93.0 Å². The van der Waals surface area contributed by atoms with Crippen LogP contribution in [-0.2, 0) is 0 Å². The number of hydrogen-bond acceptors (Lipinski definition) is 5. The number of hydrazine groups is 1. The summed E-state index contributed by atoms with van der Waals surface area (Å²) in [5.41, 5.74) is 5.55. The first-order chi connectivity index (χ1) is 10.1. The highest BCUT2D eigenvalue weighted by Crippen LogP contribution is 2.18. The van der Waals surface area contributed by atoms with Crippen LogP contribution in [-0.4, -0.2) is 47.1 Å². The molecule has 1 aromatic rings. The zero-order valence-electron chi connectivity index (χ0n) is 12.3. The molecule has 0 aliphatic carbocycles. The lowest BCUT2D eigenvalue weighted by molar-refractivity contribution is 0.125. The van der Waals surface area contributed by atoms with E-state index in [4.69, 9.17) is 16.3 Å². The van der Waals surface area contributed by atoms with Gasteiger partial charge in [0, 0.05) is 45.4 Å². The van der Waals surface area contributed by atoms with Crippen LogP contribution in [0, 0.1) is 0 Å². The summed E-state index contributed by atoms with van der Waals surface area (Å²) >= 11 is 0. The molecule has 1 fully saturated rings. The van der Waals surface area contributed by atoms with Gasteiger partial charge in [0.1, 0.15) is 17.7 Å². The van der Waals surface area contributed by atoms with E-state index >= 15 is 0 Å². The highest BCUT2D eigenvalue weighted by molar-refractivity contribution is 5.80. The van der Waals surface area contributed by atoms with Gasteiger partial charge in [0.25, 0.3) is 0 Å². The maximum atomic E-state index is 5.93. The fraction of sp³-hybridized carbons (Fsp3) is 0.429. The molecule has 0 amide bonds. The van der Waals surface area contributed by atoms with Crippen molar-refractivity contribution in [1.29, 1.82) is 0 Å². The van der Waals surface area contributed by atoms with Gasteiger partial charge in [-0.05, 0) is 12.1 Å². The van der Waals surface area contributed by atoms with Gasteiger partial charge in [0.05, 0.1) is 0 Å². The SMILES string of the molecule is C=C(N)/N=C(\N(C)N)N1CCC(Oc2ccncc2)CC1. The van der Waals surface area contributed by atoms with Crippen LogP contribution >= 0.6 is 0 Å². The Hall–Kier alpha value is -2.28. The van der Waals surface area contributed by atoms with Gasteiger partial charge >= 0.3 is 0 Å². The van der Waals surface area contributed by atoms with Gasteiger partial charge in [-0.1, -0.05) is 6.58 Å². The average Bonchev–Trinajstić information content (AvgIpc) is 2.46. The summed E-state index contributed by atoms with van der Waals surface area (Å²) in [5.74, 6) is 7.53. The second-order valence-corrected chi connectivity index (χ2v) is 5.00. The predicted octanol–water partition coefficient (Wildman–Crippen LogP) is 0.516. The number of nitrogens with two attached hydrogens (primary N) is 2. The summed E-state index contributed by atoms with van der Waals surface area (Å²) in [6, 6.07) is 3.73. The third-order valence-electron chi connectivity index (χ3n) is 3.24. The average molecular weight is 290 g/mol. The molecule has 0 atom stereocenters. The second-order valence-electron chi connectivity index (χ2n) is 5.00. The normalized spacial score (nSPS) is 16.7. The first-order valence-electron chi connectivity index (χ1n) is 6.89. The molecule has 4 N–H and O–H groups in total. The summed E-state index contributed by atoms with van der Waals surface area (Å²) in [6.07, 6.45) is 5.43. The summed E-state index contributed by atoms with van der Waals surface area (Å²) < 4.78 is 5.93. The van der Waals surface area contributed by atoms with E-state index in [1.807, 2.05) is 12.1 Å². The first-order valence-corrected chi connectivity index (χ1v) is 6.89. The van der Waals surface area contributed by atoms with Crippen LogP contribution < -0.4 is 16.3 Å². The third-order valence-corrected chi connectivity index (χ3v) is 3.24. The molecule has 0 spiro atoms. The van der Waals surface area contributed by atoms with E-state index in [0.717, 1.165) is 31.7 Å². The number of pyridine rings is 1. The number of aliphatic imine (C=N–C) groups is 1. The minimum Gasteiger partial charge on any atom is -0.490 e. The number of ether oxygens (including phenoxy) is 1. The van der Waals surface area contributed by atoms with Crippen molar-refractivity contribution in [2.45, 2.75) is 18.9 Å². The Morgan fingerprint density at radius 1 is 1.43 bits per heavy atom. The molecule has 0 bridgehead atoms. The Kier molecular flexibility index (Phi) is 4.99. The number of rotatable bonds is 3. The number of likely N-dealkylation sites (tertiary alicyclic amines) is 1. The van der Waals surface area contributed by atoms with E-state index in [9.17, 15) is 0 Å². The van der Waals surface area contributed by atoms with Crippen molar-refractivity contribution in [1.82, 2.24) is 14.9 Å². The van der Waals surface area contributed by atoms with Crippen molar-refractivity contribution in [3.05, 3.63) is 36.9 Å². The number of aromatic nitrogens is 1. The molecule has 2 heterocycles. The van der Waals surface area contributed by atoms with Gasteiger partial charge in [-0.15, -0.1) is 0 Å². The fourth-order valence-corrected chi connectivity index (χ4v) is 2.28. The van der Waals surface area contributed by atoms with Crippen molar-refractivity contribution >= 4 is 5.96 Å². The van der Waals surface area contributed by atoms with Crippen molar-refractivity contribution in [2.24, 2.45) is 16.6 Å². The number of nitrogens with zero attached hydrogens (tertiary/aromatic N) is 4. The minimum atomic E-state index is 0.189. The first kappa shape index (κ1) is 15.1. The molecule has 114 valence electrons. The Labute approximate surface area is 124 Å². The lowest BCUT2D eigenvalue weighted by atomic mass is 10.1. The Bertz CT molecular complexity index is 493. The Morgan fingerprint density at radius 2 is 2.05 bits per heavy atom. The van der Waals surface area contributed by atoms with Gasteiger partial charge in [-0.2, -0.15) is 4.99 Å². The molecule has 1 saturated heterocycles. The molecular weight excluding hydrogens is 268 g/mol. The van der Waals surface area contributed by atoms with Crippen LogP contribution in [0.25, 0.3) is 0 Å². The lowest BCUT2D eigenvalue weighted by Gasteiger charge is -2.35. The van der Waals surface area contributed by atoms with Crippen LogP contribution in [0.15, 0.2) is 41.9 Å². The van der Waals surface area contributed by atoms with Crippen LogP contribution in [0.4, 0.5) is 0 Å². The monoisotopic (exact) mass is 290 g/mol. The van der Waals surface area contributed by atoms with E-state index in [1.54, 1.807) is 19.4 Å². The molecule has 0 aromatic carbocycles. The number of guanidine groups is 1. The van der Waals surface area contributed by atoms with E-state index < -0.39 is 0 Å². The largest absolute Gasteiger partial charge is 0.490 e. The maximum Gasteiger partial charge on any atom is 0.217 e. The second kappa shape index (κ2) is 6.94. The summed E-state index contributed by atoms with van der Waals surface area (Å²) in [5, 5.41) is 1.46. The molecule has 1 aliphatic heterocycles. The van der Waals surface area contributed by atoms with Crippen LogP contribution in [0.1, 0.15) is 12.8 Å². The van der Waals surface area contributed by atoms with E-state index in [0.29, 0.717) is 5.96 Å². The molecule has 7 nitrogen and oxygen atoms in total. The van der Waals surface area contributed by atoms with Crippen LogP contribution in [0.5, 0.6) is 5.75 Å². The molecule has 0 saturated carbocycles. The van der Waals surface area contributed by atoms with E-state index in [2.05, 4.69) is 21.5 Å². The van der Waals surface area contributed by atoms with E-state index in [1.165, 1.54) is 5.01 Å². The Morgan fingerprint density at radius 3 is 2.57 bits per heavy atom. The highest BCUT2D eigenvalue weighted by Gasteiger charge is 2.24. The molecule has 21 heavy (non-hydrogen) atoms. The van der Waals surface area contributed by atoms with Gasteiger partial charge < -0.3 is 15.4 Å². The van der Waals surface area contributed by atoms with Crippen LogP contribution in [0.2, 0.25) is 0 Å². The van der Waals surface area contributed by atoms with Crippen LogP contribution in [0.3, 0.4) is 0 Å². The Balaban J connectivity index is 1.92. The maximum absolute atomic E-state index is 5.93. The van der Waals surface area contributed by atoms with E-state index in [-0.39, 0.29) is 11.9 Å². The fourth-order valence-electron chi connectivity index (χ4n) is 2.28. The number of piperidine rings is 1. The molecule has 1 aliphatic rings. The predicted molar refractivity (Wildman–Crippen MR) is 82.2 cm³/mol. The van der Waals surface area contributed by atoms with Crippen molar-refractivity contribution in [3.63, 3.8) is 0 Å². The van der Waals surface area contributed by atoms with Gasteiger partial charge in [0.2, 0.25) is 5.96 Å². The summed E-state index contributed by atoms with van der Waals surface area (Å²) in [6.45, 7) is 5.21. The van der Waals surface area contributed by atoms with Gasteiger partial charge in [-0.25, -0.2) is 5.84 Å². The lowest BCUT2D eigenvalue weighted by Crippen LogP contribution is -2.50.